The molecule has 2 N–H and O–H groups in total. The molecule has 37 heavy (non-hydrogen) atoms. The summed E-state index contributed by atoms with van der Waals surface area (Å²) in [4.78, 5) is 39.7. The Kier molecular flexibility index (Phi) is 8.68. The smallest absolute Gasteiger partial charge is 0.410 e. The maximum Gasteiger partial charge on any atom is 0.410 e. The minimum Gasteiger partial charge on any atom is -0.457 e. The molecule has 1 fully saturated rings. The molecule has 200 valence electrons. The fourth-order valence-electron chi connectivity index (χ4n) is 3.84. The molecule has 0 bridgehead atoms. The number of alkyl carbamates (subject to hydrolysis) is 1. The van der Waals surface area contributed by atoms with Crippen molar-refractivity contribution in [3.8, 4) is 11.5 Å². The zero-order valence-electron chi connectivity index (χ0n) is 22.4. The van der Waals surface area contributed by atoms with Crippen molar-refractivity contribution in [2.75, 3.05) is 18.4 Å². The lowest BCUT2D eigenvalue weighted by molar-refractivity contribution is -0.120. The Bertz CT molecular complexity index is 1070. The molecule has 1 heterocycles. The number of para-hydroxylation sites is 1. The number of hydrogen-bond acceptors (Lipinski definition) is 6. The normalized spacial score (nSPS) is 17.6. The highest BCUT2D eigenvalue weighted by molar-refractivity contribution is 5.97. The molecule has 0 aromatic heterocycles. The first-order valence-electron chi connectivity index (χ1n) is 12.4. The molecule has 0 aliphatic carbocycles. The number of amides is 3. The first-order valence-corrected chi connectivity index (χ1v) is 12.4. The molecule has 2 aromatic rings. The van der Waals surface area contributed by atoms with E-state index in [1.807, 2.05) is 30.3 Å². The Balaban J connectivity index is 1.65. The van der Waals surface area contributed by atoms with Crippen molar-refractivity contribution in [3.63, 3.8) is 0 Å². The molecule has 1 aliphatic rings. The van der Waals surface area contributed by atoms with Crippen molar-refractivity contribution >= 4 is 23.8 Å². The summed E-state index contributed by atoms with van der Waals surface area (Å²) in [6, 6.07) is 15.6. The maximum atomic E-state index is 13.2. The minimum absolute atomic E-state index is 0.141. The Morgan fingerprint density at radius 2 is 1.46 bits per heavy atom. The van der Waals surface area contributed by atoms with Gasteiger partial charge in [0, 0.05) is 18.8 Å². The van der Waals surface area contributed by atoms with Gasteiger partial charge in [0.05, 0.1) is 0 Å². The van der Waals surface area contributed by atoms with E-state index in [2.05, 4.69) is 10.6 Å². The lowest BCUT2D eigenvalue weighted by Crippen LogP contribution is -2.45. The van der Waals surface area contributed by atoms with Crippen LogP contribution >= 0.6 is 0 Å². The number of anilines is 1. The highest BCUT2D eigenvalue weighted by Gasteiger charge is 2.41. The van der Waals surface area contributed by atoms with Crippen molar-refractivity contribution in [3.05, 3.63) is 54.6 Å². The third-order valence-electron chi connectivity index (χ3n) is 5.35. The summed E-state index contributed by atoms with van der Waals surface area (Å²) in [6.45, 7) is 11.2. The van der Waals surface area contributed by atoms with Crippen LogP contribution in [-0.4, -0.2) is 53.3 Å². The predicted molar refractivity (Wildman–Crippen MR) is 141 cm³/mol. The number of nitrogens with one attached hydrogen (secondary N) is 2. The molecule has 3 amide bonds. The molecule has 9 nitrogen and oxygen atoms in total. The fourth-order valence-corrected chi connectivity index (χ4v) is 3.84. The number of carbonyl (C=O) groups is 3. The van der Waals surface area contributed by atoms with E-state index in [9.17, 15) is 14.4 Å². The summed E-state index contributed by atoms with van der Waals surface area (Å²) in [5.74, 6) is 0.873. The van der Waals surface area contributed by atoms with Crippen LogP contribution in [0.3, 0.4) is 0 Å². The van der Waals surface area contributed by atoms with Gasteiger partial charge in [-0.1, -0.05) is 18.2 Å². The van der Waals surface area contributed by atoms with Gasteiger partial charge < -0.3 is 24.8 Å². The summed E-state index contributed by atoms with van der Waals surface area (Å²) in [5, 5.41) is 5.62. The maximum absolute atomic E-state index is 13.2. The number of hydrogen-bond donors (Lipinski definition) is 2. The number of rotatable bonds is 6. The molecule has 0 radical (unpaired) electrons. The Morgan fingerprint density at radius 3 is 2.05 bits per heavy atom. The van der Waals surface area contributed by atoms with Gasteiger partial charge in [0.1, 0.15) is 28.7 Å². The molecule has 0 saturated carbocycles. The van der Waals surface area contributed by atoms with Gasteiger partial charge in [-0.05, 0) is 90.3 Å². The second-order valence-electron chi connectivity index (χ2n) is 11.1. The third kappa shape index (κ3) is 9.00. The first-order chi connectivity index (χ1) is 17.3. The molecule has 2 aromatic carbocycles. The second kappa shape index (κ2) is 11.5. The zero-order valence-corrected chi connectivity index (χ0v) is 22.4. The van der Waals surface area contributed by atoms with Crippen molar-refractivity contribution < 1.29 is 28.6 Å². The molecule has 1 unspecified atom stereocenters. The van der Waals surface area contributed by atoms with E-state index in [4.69, 9.17) is 14.2 Å². The van der Waals surface area contributed by atoms with Crippen molar-refractivity contribution in [2.45, 2.75) is 65.2 Å². The van der Waals surface area contributed by atoms with Crippen LogP contribution in [0.15, 0.2) is 54.6 Å². The Morgan fingerprint density at radius 1 is 0.865 bits per heavy atom. The van der Waals surface area contributed by atoms with Crippen LogP contribution in [0.1, 0.15) is 48.0 Å². The molecule has 2 atom stereocenters. The number of carbonyl (C=O) groups excluding carboxylic acids is 3. The quantitative estimate of drug-likeness (QED) is 0.525. The minimum atomic E-state index is -0.750. The highest BCUT2D eigenvalue weighted by Crippen LogP contribution is 2.28. The molecule has 1 aliphatic heterocycles. The van der Waals surface area contributed by atoms with E-state index in [0.29, 0.717) is 23.6 Å². The van der Waals surface area contributed by atoms with Crippen LogP contribution in [0.2, 0.25) is 0 Å². The lowest BCUT2D eigenvalue weighted by atomic mass is 10.1. The molecular formula is C28H37N3O6. The lowest BCUT2D eigenvalue weighted by Gasteiger charge is -2.28. The van der Waals surface area contributed by atoms with Crippen molar-refractivity contribution in [1.29, 1.82) is 0 Å². The summed E-state index contributed by atoms with van der Waals surface area (Å²) in [7, 11) is 0. The third-order valence-corrected chi connectivity index (χ3v) is 5.35. The zero-order chi connectivity index (χ0) is 27.2. The summed E-state index contributed by atoms with van der Waals surface area (Å²) < 4.78 is 16.6. The van der Waals surface area contributed by atoms with Crippen LogP contribution in [0.4, 0.5) is 15.3 Å². The second-order valence-corrected chi connectivity index (χ2v) is 11.1. The monoisotopic (exact) mass is 511 g/mol. The number of ether oxygens (including phenoxy) is 3. The predicted octanol–water partition coefficient (Wildman–Crippen LogP) is 5.57. The number of nitrogens with zero attached hydrogens (tertiary/aromatic N) is 1. The van der Waals surface area contributed by atoms with Gasteiger partial charge in [0.2, 0.25) is 5.91 Å². The van der Waals surface area contributed by atoms with Gasteiger partial charge in [0.25, 0.3) is 0 Å². The van der Waals surface area contributed by atoms with Crippen LogP contribution in [0, 0.1) is 5.92 Å². The standard InChI is InChI=1S/C28H37N3O6/c1-27(2,3)36-25(33)29-17-19-16-23(31(18-19)26(34)37-28(4,5)6)24(32)30-20-12-14-22(15-13-20)35-21-10-8-7-9-11-21/h7-15,19,23H,16-18H2,1-6H3,(H,29,33)(H,30,32)/t19?,23-/m0/s1. The van der Waals surface area contributed by atoms with Gasteiger partial charge in [0.15, 0.2) is 0 Å². The van der Waals surface area contributed by atoms with E-state index >= 15 is 0 Å². The van der Waals surface area contributed by atoms with Gasteiger partial charge in [-0.3, -0.25) is 9.69 Å². The van der Waals surface area contributed by atoms with Gasteiger partial charge in [-0.15, -0.1) is 0 Å². The van der Waals surface area contributed by atoms with Crippen LogP contribution in [0.5, 0.6) is 11.5 Å². The van der Waals surface area contributed by atoms with Gasteiger partial charge in [-0.2, -0.15) is 0 Å². The first kappa shape index (κ1) is 27.8. The van der Waals surface area contributed by atoms with E-state index in [1.165, 1.54) is 4.90 Å². The number of likely N-dealkylation sites (tertiary alicyclic amines) is 1. The van der Waals surface area contributed by atoms with Crippen molar-refractivity contribution in [2.24, 2.45) is 5.92 Å². The Hall–Kier alpha value is -3.75. The summed E-state index contributed by atoms with van der Waals surface area (Å²) >= 11 is 0. The van der Waals surface area contributed by atoms with E-state index in [0.717, 1.165) is 0 Å². The van der Waals surface area contributed by atoms with Crippen LogP contribution in [-0.2, 0) is 14.3 Å². The van der Waals surface area contributed by atoms with Gasteiger partial charge in [-0.25, -0.2) is 9.59 Å². The molecule has 9 heteroatoms. The van der Waals surface area contributed by atoms with E-state index in [1.54, 1.807) is 65.8 Å². The molecule has 3 rings (SSSR count). The van der Waals surface area contributed by atoms with Gasteiger partial charge >= 0.3 is 12.2 Å². The van der Waals surface area contributed by atoms with Crippen molar-refractivity contribution in [1.82, 2.24) is 10.2 Å². The number of benzene rings is 2. The SMILES string of the molecule is CC(C)(C)OC(=O)NCC1C[C@@H](C(=O)Nc2ccc(Oc3ccccc3)cc2)N(C(=O)OC(C)(C)C)C1. The van der Waals surface area contributed by atoms with E-state index in [-0.39, 0.29) is 24.9 Å². The topological polar surface area (TPSA) is 106 Å². The summed E-state index contributed by atoms with van der Waals surface area (Å²) in [5.41, 5.74) is -0.753. The average molecular weight is 512 g/mol. The molecule has 0 spiro atoms. The Labute approximate surface area is 218 Å². The highest BCUT2D eigenvalue weighted by atomic mass is 16.6. The molecular weight excluding hydrogens is 474 g/mol. The fraction of sp³-hybridized carbons (Fsp3) is 0.464. The van der Waals surface area contributed by atoms with Crippen LogP contribution < -0.4 is 15.4 Å². The molecule has 1 saturated heterocycles. The van der Waals surface area contributed by atoms with E-state index < -0.39 is 29.4 Å². The summed E-state index contributed by atoms with van der Waals surface area (Å²) in [6.07, 6.45) is -0.739. The van der Waals surface area contributed by atoms with Crippen LogP contribution in [0.25, 0.3) is 0 Å². The largest absolute Gasteiger partial charge is 0.457 e. The average Bonchev–Trinajstić information content (AvgIpc) is 3.22.